The zero-order valence-electron chi connectivity index (χ0n) is 16.4. The van der Waals surface area contributed by atoms with Crippen LogP contribution in [0.3, 0.4) is 0 Å². The third-order valence-electron chi connectivity index (χ3n) is 5.14. The molecular formula is C22H23N3O4S. The summed E-state index contributed by atoms with van der Waals surface area (Å²) in [4.78, 5) is 13.1. The van der Waals surface area contributed by atoms with Gasteiger partial charge in [-0.2, -0.15) is 0 Å². The molecule has 8 heteroatoms. The Bertz CT molecular complexity index is 1190. The molecule has 1 aliphatic rings. The number of hydrogen-bond donors (Lipinski definition) is 2. The van der Waals surface area contributed by atoms with Crippen molar-refractivity contribution in [2.75, 3.05) is 24.6 Å². The van der Waals surface area contributed by atoms with Gasteiger partial charge in [0.2, 0.25) is 10.0 Å². The molecule has 1 aliphatic heterocycles. The molecule has 4 rings (SSSR count). The first-order chi connectivity index (χ1) is 14.5. The molecule has 30 heavy (non-hydrogen) atoms. The number of nitrogens with two attached hydrogens (primary N) is 1. The average molecular weight is 426 g/mol. The largest absolute Gasteiger partial charge is 0.493 e. The van der Waals surface area contributed by atoms with Gasteiger partial charge in [-0.3, -0.25) is 4.90 Å². The minimum absolute atomic E-state index is 0.183. The Morgan fingerprint density at radius 1 is 1.10 bits per heavy atom. The summed E-state index contributed by atoms with van der Waals surface area (Å²) in [7, 11) is -3.64. The molecule has 0 unspecified atom stereocenters. The van der Waals surface area contributed by atoms with Gasteiger partial charge in [-0.15, -0.1) is 0 Å². The van der Waals surface area contributed by atoms with Gasteiger partial charge in [0.25, 0.3) is 0 Å². The van der Waals surface area contributed by atoms with Crippen molar-refractivity contribution in [3.63, 3.8) is 0 Å². The number of anilines is 1. The second kappa shape index (κ2) is 8.33. The lowest BCUT2D eigenvalue weighted by Crippen LogP contribution is -2.33. The molecule has 0 bridgehead atoms. The van der Waals surface area contributed by atoms with Crippen LogP contribution in [-0.2, 0) is 16.4 Å². The molecule has 3 aromatic rings. The van der Waals surface area contributed by atoms with Gasteiger partial charge in [0.15, 0.2) is 0 Å². The highest BCUT2D eigenvalue weighted by Gasteiger charge is 2.25. The second-order valence-corrected chi connectivity index (χ2v) is 8.87. The summed E-state index contributed by atoms with van der Waals surface area (Å²) in [6, 6.07) is 18.0. The van der Waals surface area contributed by atoms with E-state index in [2.05, 4.69) is 4.72 Å². The zero-order chi connectivity index (χ0) is 21.1. The van der Waals surface area contributed by atoms with Gasteiger partial charge >= 0.3 is 6.03 Å². The van der Waals surface area contributed by atoms with E-state index in [0.717, 1.165) is 22.1 Å². The highest BCUT2D eigenvalue weighted by Crippen LogP contribution is 2.30. The fraction of sp³-hybridized carbons (Fsp3) is 0.227. The van der Waals surface area contributed by atoms with E-state index in [-0.39, 0.29) is 11.4 Å². The molecule has 3 N–H and O–H groups in total. The van der Waals surface area contributed by atoms with Crippen LogP contribution in [-0.4, -0.2) is 34.1 Å². The van der Waals surface area contributed by atoms with Crippen LogP contribution in [0.1, 0.15) is 12.0 Å². The van der Waals surface area contributed by atoms with Crippen molar-refractivity contribution in [3.05, 3.63) is 66.2 Å². The first-order valence-corrected chi connectivity index (χ1v) is 11.2. The maximum Gasteiger partial charge on any atom is 0.319 e. The lowest BCUT2D eigenvalue weighted by molar-refractivity contribution is 0.254. The van der Waals surface area contributed by atoms with E-state index in [1.165, 1.54) is 11.0 Å². The number of ether oxygens (including phenoxy) is 1. The summed E-state index contributed by atoms with van der Waals surface area (Å²) in [5.74, 6) is 0.786. The minimum Gasteiger partial charge on any atom is -0.493 e. The standard InChI is InChI=1S/C22H23N3O4S/c23-22(26)25-13-11-17-15-18(9-10-20(17)25)30(27,28)24-12-4-14-29-21-8-3-6-16-5-1-2-7-19(16)21/h1-3,5-10,15,24H,4,11-14H2,(H2,23,26). The van der Waals surface area contributed by atoms with Crippen molar-refractivity contribution in [1.82, 2.24) is 4.72 Å². The lowest BCUT2D eigenvalue weighted by Gasteiger charge is -2.14. The predicted molar refractivity (Wildman–Crippen MR) is 116 cm³/mol. The second-order valence-electron chi connectivity index (χ2n) is 7.11. The minimum atomic E-state index is -3.64. The van der Waals surface area contributed by atoms with Crippen LogP contribution in [0.25, 0.3) is 10.8 Å². The van der Waals surface area contributed by atoms with Crippen molar-refractivity contribution < 1.29 is 17.9 Å². The number of nitrogens with zero attached hydrogens (tertiary/aromatic N) is 1. The van der Waals surface area contributed by atoms with Crippen molar-refractivity contribution >= 4 is 32.5 Å². The number of nitrogens with one attached hydrogen (secondary N) is 1. The number of amides is 2. The molecule has 1 heterocycles. The van der Waals surface area contributed by atoms with Crippen LogP contribution >= 0.6 is 0 Å². The van der Waals surface area contributed by atoms with Gasteiger partial charge in [0.1, 0.15) is 5.75 Å². The van der Waals surface area contributed by atoms with E-state index in [1.54, 1.807) is 12.1 Å². The monoisotopic (exact) mass is 425 g/mol. The molecule has 156 valence electrons. The van der Waals surface area contributed by atoms with Crippen LogP contribution in [0.4, 0.5) is 10.5 Å². The summed E-state index contributed by atoms with van der Waals surface area (Å²) in [6.45, 7) is 1.12. The molecule has 2 amide bonds. The maximum absolute atomic E-state index is 12.6. The lowest BCUT2D eigenvalue weighted by atomic mass is 10.1. The number of sulfonamides is 1. The van der Waals surface area contributed by atoms with Gasteiger partial charge in [-0.05, 0) is 48.1 Å². The zero-order valence-corrected chi connectivity index (χ0v) is 17.2. The molecule has 0 spiro atoms. The molecule has 0 aliphatic carbocycles. The van der Waals surface area contributed by atoms with Gasteiger partial charge in [0.05, 0.1) is 11.5 Å². The van der Waals surface area contributed by atoms with Crippen molar-refractivity contribution in [1.29, 1.82) is 0 Å². The SMILES string of the molecule is NC(=O)N1CCc2cc(S(=O)(=O)NCCCOc3cccc4ccccc34)ccc21. The first kappa shape index (κ1) is 20.2. The Balaban J connectivity index is 1.33. The normalized spacial score (nSPS) is 13.4. The highest BCUT2D eigenvalue weighted by molar-refractivity contribution is 7.89. The molecule has 0 fully saturated rings. The summed E-state index contributed by atoms with van der Waals surface area (Å²) in [5.41, 5.74) is 6.82. The van der Waals surface area contributed by atoms with Gasteiger partial charge < -0.3 is 10.5 Å². The quantitative estimate of drug-likeness (QED) is 0.568. The molecular weight excluding hydrogens is 402 g/mol. The fourth-order valence-electron chi connectivity index (χ4n) is 3.64. The molecule has 0 saturated heterocycles. The number of carbonyl (C=O) groups is 1. The number of rotatable bonds is 7. The Labute approximate surface area is 175 Å². The molecule has 0 radical (unpaired) electrons. The molecule has 0 saturated carbocycles. The third kappa shape index (κ3) is 4.10. The van der Waals surface area contributed by atoms with E-state index in [0.29, 0.717) is 31.7 Å². The average Bonchev–Trinajstić information content (AvgIpc) is 3.17. The summed E-state index contributed by atoms with van der Waals surface area (Å²) in [6.07, 6.45) is 1.11. The summed E-state index contributed by atoms with van der Waals surface area (Å²) < 4.78 is 33.7. The number of carbonyl (C=O) groups excluding carboxylic acids is 1. The van der Waals surface area contributed by atoms with Crippen molar-refractivity contribution in [2.24, 2.45) is 5.73 Å². The van der Waals surface area contributed by atoms with E-state index in [1.807, 2.05) is 42.5 Å². The Morgan fingerprint density at radius 2 is 1.90 bits per heavy atom. The Morgan fingerprint density at radius 3 is 2.73 bits per heavy atom. The van der Waals surface area contributed by atoms with E-state index in [9.17, 15) is 13.2 Å². The van der Waals surface area contributed by atoms with Gasteiger partial charge in [-0.25, -0.2) is 17.9 Å². The van der Waals surface area contributed by atoms with E-state index >= 15 is 0 Å². The van der Waals surface area contributed by atoms with Crippen LogP contribution in [0, 0.1) is 0 Å². The molecule has 0 aromatic heterocycles. The van der Waals surface area contributed by atoms with Crippen molar-refractivity contribution in [3.8, 4) is 5.75 Å². The topological polar surface area (TPSA) is 102 Å². The Kier molecular flexibility index (Phi) is 5.61. The molecule has 0 atom stereocenters. The van der Waals surface area contributed by atoms with E-state index < -0.39 is 16.1 Å². The third-order valence-corrected chi connectivity index (χ3v) is 6.60. The van der Waals surface area contributed by atoms with Gasteiger partial charge in [0, 0.05) is 24.2 Å². The molecule has 7 nitrogen and oxygen atoms in total. The fourth-order valence-corrected chi connectivity index (χ4v) is 4.76. The number of fused-ring (bicyclic) bond motifs is 2. The van der Waals surface area contributed by atoms with Crippen molar-refractivity contribution in [2.45, 2.75) is 17.7 Å². The number of primary amides is 1. The van der Waals surface area contributed by atoms with Gasteiger partial charge in [-0.1, -0.05) is 36.4 Å². The number of hydrogen-bond acceptors (Lipinski definition) is 4. The number of urea groups is 1. The van der Waals surface area contributed by atoms with Crippen LogP contribution in [0.5, 0.6) is 5.75 Å². The summed E-state index contributed by atoms with van der Waals surface area (Å²) >= 11 is 0. The summed E-state index contributed by atoms with van der Waals surface area (Å²) in [5, 5.41) is 2.13. The van der Waals surface area contributed by atoms with Crippen LogP contribution < -0.4 is 20.1 Å². The van der Waals surface area contributed by atoms with Crippen LogP contribution in [0.15, 0.2) is 65.6 Å². The maximum atomic E-state index is 12.6. The first-order valence-electron chi connectivity index (χ1n) is 9.76. The smallest absolute Gasteiger partial charge is 0.319 e. The Hall–Kier alpha value is -3.10. The number of benzene rings is 3. The molecule has 3 aromatic carbocycles. The highest BCUT2D eigenvalue weighted by atomic mass is 32.2. The predicted octanol–water partition coefficient (Wildman–Crippen LogP) is 3.03. The van der Waals surface area contributed by atoms with E-state index in [4.69, 9.17) is 10.5 Å². The van der Waals surface area contributed by atoms with Crippen LogP contribution in [0.2, 0.25) is 0 Å².